The zero-order valence-corrected chi connectivity index (χ0v) is 30.9. The molecule has 4 aliphatic carbocycles. The van der Waals surface area contributed by atoms with E-state index in [1.54, 1.807) is 7.11 Å². The number of fused-ring (bicyclic) bond motifs is 5. The Morgan fingerprint density at radius 3 is 2.40 bits per heavy atom. The van der Waals surface area contributed by atoms with Crippen LogP contribution in [-0.4, -0.2) is 131 Å². The van der Waals surface area contributed by atoms with E-state index in [2.05, 4.69) is 13.8 Å². The van der Waals surface area contributed by atoms with E-state index < -0.39 is 79.0 Å². The van der Waals surface area contributed by atoms with Crippen molar-refractivity contribution >= 4 is 11.9 Å². The highest BCUT2D eigenvalue weighted by Crippen LogP contribution is 2.70. The average Bonchev–Trinajstić information content (AvgIpc) is 3.61. The second-order valence-electron chi connectivity index (χ2n) is 17.1. The molecule has 0 spiro atoms. The maximum Gasteiger partial charge on any atom is 0.331 e. The normalized spacial score (nSPS) is 51.8. The lowest BCUT2D eigenvalue weighted by molar-refractivity contribution is -0.345. The molecule has 0 aromatic rings. The Morgan fingerprint density at radius 1 is 0.962 bits per heavy atom. The van der Waals surface area contributed by atoms with Crippen molar-refractivity contribution in [1.82, 2.24) is 0 Å². The van der Waals surface area contributed by atoms with E-state index in [4.69, 9.17) is 33.2 Å². The monoisotopic (exact) mass is 738 g/mol. The Morgan fingerprint density at radius 2 is 1.73 bits per heavy atom. The predicted molar refractivity (Wildman–Crippen MR) is 180 cm³/mol. The minimum atomic E-state index is -1.55. The summed E-state index contributed by atoms with van der Waals surface area (Å²) in [4.78, 5) is 24.4. The summed E-state index contributed by atoms with van der Waals surface area (Å²) in [6.45, 7) is 7.35. The minimum absolute atomic E-state index is 0.000668. The molecule has 18 atom stereocenters. The van der Waals surface area contributed by atoms with Crippen molar-refractivity contribution in [2.45, 2.75) is 159 Å². The van der Waals surface area contributed by atoms with Crippen LogP contribution in [0.25, 0.3) is 0 Å². The lowest BCUT2D eigenvalue weighted by atomic mass is 9.43. The van der Waals surface area contributed by atoms with Crippen LogP contribution in [0.3, 0.4) is 0 Å². The van der Waals surface area contributed by atoms with Crippen LogP contribution >= 0.6 is 0 Å². The summed E-state index contributed by atoms with van der Waals surface area (Å²) in [6, 6.07) is 0. The molecule has 52 heavy (non-hydrogen) atoms. The van der Waals surface area contributed by atoms with Crippen LogP contribution < -0.4 is 0 Å². The number of carbonyl (C=O) groups excluding carboxylic acids is 2. The van der Waals surface area contributed by atoms with Crippen molar-refractivity contribution in [3.05, 3.63) is 11.6 Å². The molecule has 3 heterocycles. The topological polar surface area (TPSA) is 200 Å². The molecule has 0 aromatic carbocycles. The number of rotatable bonds is 8. The van der Waals surface area contributed by atoms with Crippen LogP contribution in [0.5, 0.6) is 0 Å². The zero-order chi connectivity index (χ0) is 37.3. The van der Waals surface area contributed by atoms with Crippen LogP contribution in [0.15, 0.2) is 11.6 Å². The number of cyclic esters (lactones) is 1. The summed E-state index contributed by atoms with van der Waals surface area (Å²) in [5.41, 5.74) is -0.799. The molecule has 4 saturated carbocycles. The summed E-state index contributed by atoms with van der Waals surface area (Å²) in [5, 5.41) is 53.3. The van der Waals surface area contributed by atoms with Gasteiger partial charge < -0.3 is 58.7 Å². The lowest BCUT2D eigenvalue weighted by Crippen LogP contribution is -2.62. The zero-order valence-electron chi connectivity index (χ0n) is 30.9. The molecule has 14 nitrogen and oxygen atoms in total. The number of aliphatic hydroxyl groups is 5. The molecule has 2 saturated heterocycles. The molecular formula is C38H58O14. The van der Waals surface area contributed by atoms with Gasteiger partial charge in [0.25, 0.3) is 0 Å². The van der Waals surface area contributed by atoms with Gasteiger partial charge in [-0.15, -0.1) is 0 Å². The number of hydrogen-bond donors (Lipinski definition) is 5. The van der Waals surface area contributed by atoms with Crippen molar-refractivity contribution in [1.29, 1.82) is 0 Å². The van der Waals surface area contributed by atoms with Gasteiger partial charge in [-0.2, -0.15) is 0 Å². The first-order chi connectivity index (χ1) is 24.6. The number of esters is 2. The SMILES string of the molecule is COC1CC(O[C@H]2CC[C@]3(C)C4CC[C@]5(C)[C@@H](C6=CC(=O)OC6)[C@@H](OC(C)=O)C[C@]5(O)C4CC[C@@H]3C2)OC(C)C1O[C@@H]1O[C@H](CO)[C@@H](O)[C@H](O)[C@H]1O. The number of carbonyl (C=O) groups is 2. The smallest absolute Gasteiger partial charge is 0.331 e. The molecule has 0 bridgehead atoms. The Hall–Kier alpha value is -1.72. The van der Waals surface area contributed by atoms with Crippen LogP contribution in [-0.2, 0) is 42.7 Å². The molecular weight excluding hydrogens is 680 g/mol. The van der Waals surface area contributed by atoms with Gasteiger partial charge in [0.15, 0.2) is 12.6 Å². The van der Waals surface area contributed by atoms with Crippen LogP contribution in [0.1, 0.15) is 85.5 Å². The Labute approximate surface area is 305 Å². The molecule has 6 fully saturated rings. The van der Waals surface area contributed by atoms with Gasteiger partial charge in [0.05, 0.1) is 30.5 Å². The minimum Gasteiger partial charge on any atom is -0.462 e. The van der Waals surface area contributed by atoms with Crippen LogP contribution in [0, 0.1) is 34.5 Å². The fraction of sp³-hybridized carbons (Fsp3) is 0.895. The van der Waals surface area contributed by atoms with Gasteiger partial charge in [-0.25, -0.2) is 4.79 Å². The summed E-state index contributed by atoms with van der Waals surface area (Å²) in [5.74, 6) is -0.323. The van der Waals surface area contributed by atoms with Gasteiger partial charge in [-0.1, -0.05) is 13.8 Å². The number of aliphatic hydroxyl groups excluding tert-OH is 4. The second-order valence-corrected chi connectivity index (χ2v) is 17.1. The largest absolute Gasteiger partial charge is 0.462 e. The number of methoxy groups -OCH3 is 1. The van der Waals surface area contributed by atoms with E-state index >= 15 is 0 Å². The lowest BCUT2D eigenvalue weighted by Gasteiger charge is -2.63. The highest BCUT2D eigenvalue weighted by molar-refractivity contribution is 5.85. The van der Waals surface area contributed by atoms with E-state index in [1.165, 1.54) is 13.0 Å². The molecule has 6 unspecified atom stereocenters. The van der Waals surface area contributed by atoms with Crippen molar-refractivity contribution in [3.63, 3.8) is 0 Å². The van der Waals surface area contributed by atoms with Crippen molar-refractivity contribution in [2.24, 2.45) is 34.5 Å². The summed E-state index contributed by atoms with van der Waals surface area (Å²) in [6.07, 6.45) is -1.29. The predicted octanol–water partition coefficient (Wildman–Crippen LogP) is 1.51. The maximum atomic E-state index is 12.8. The molecule has 5 N–H and O–H groups in total. The molecule has 7 aliphatic rings. The Kier molecular flexibility index (Phi) is 10.7. The van der Waals surface area contributed by atoms with Crippen LogP contribution in [0.4, 0.5) is 0 Å². The quantitative estimate of drug-likeness (QED) is 0.177. The van der Waals surface area contributed by atoms with Crippen molar-refractivity contribution in [2.75, 3.05) is 20.3 Å². The number of ether oxygens (including phenoxy) is 7. The summed E-state index contributed by atoms with van der Waals surface area (Å²) in [7, 11) is 1.57. The summed E-state index contributed by atoms with van der Waals surface area (Å²) >= 11 is 0. The van der Waals surface area contributed by atoms with Gasteiger partial charge in [0.1, 0.15) is 43.2 Å². The van der Waals surface area contributed by atoms with Crippen LogP contribution in [0.2, 0.25) is 0 Å². The van der Waals surface area contributed by atoms with E-state index in [-0.39, 0.29) is 41.9 Å². The molecule has 7 rings (SSSR count). The fourth-order valence-electron chi connectivity index (χ4n) is 11.9. The van der Waals surface area contributed by atoms with E-state index in [0.717, 1.165) is 50.5 Å². The van der Waals surface area contributed by atoms with Crippen molar-refractivity contribution < 1.29 is 68.3 Å². The van der Waals surface area contributed by atoms with Gasteiger partial charge >= 0.3 is 11.9 Å². The third-order valence-corrected chi connectivity index (χ3v) is 14.6. The highest BCUT2D eigenvalue weighted by atomic mass is 16.7. The van der Waals surface area contributed by atoms with Gasteiger partial charge in [0, 0.05) is 44.3 Å². The number of hydrogen-bond acceptors (Lipinski definition) is 14. The molecule has 3 aliphatic heterocycles. The van der Waals surface area contributed by atoms with Gasteiger partial charge in [-0.3, -0.25) is 4.79 Å². The Balaban J connectivity index is 0.999. The van der Waals surface area contributed by atoms with E-state index in [1.807, 2.05) is 6.92 Å². The standard InChI is InChI=1S/C38H58O14/c1-18-34(52-35-33(44)32(43)31(42)27(16-39)51-35)25(46-5)14-29(48-18)50-22-8-10-36(3)21(13-22)6-7-24-23(36)9-11-37(4)30(20-12-28(41)47-17-20)26(49-19(2)40)15-38(24,37)45/h12,18,21-27,29-35,39,42-45H,6-11,13-17H2,1-5H3/t18?,21-,22+,23?,24?,25?,26+,27-,29?,30+,31-,32+,33-,34?,35+,36+,37-,38+/m1/s1. The second kappa shape index (κ2) is 14.4. The first kappa shape index (κ1) is 38.6. The first-order valence-electron chi connectivity index (χ1n) is 19.2. The molecule has 0 radical (unpaired) electrons. The molecule has 0 amide bonds. The fourth-order valence-corrected chi connectivity index (χ4v) is 11.9. The van der Waals surface area contributed by atoms with E-state index in [9.17, 15) is 35.1 Å². The van der Waals surface area contributed by atoms with Gasteiger partial charge in [0.2, 0.25) is 0 Å². The summed E-state index contributed by atoms with van der Waals surface area (Å²) < 4.78 is 41.6. The maximum absolute atomic E-state index is 12.8. The average molecular weight is 739 g/mol. The third kappa shape index (κ3) is 6.36. The van der Waals surface area contributed by atoms with E-state index in [0.29, 0.717) is 24.7 Å². The van der Waals surface area contributed by atoms with Gasteiger partial charge in [-0.05, 0) is 80.6 Å². The molecule has 294 valence electrons. The third-order valence-electron chi connectivity index (χ3n) is 14.6. The Bertz CT molecular complexity index is 1370. The van der Waals surface area contributed by atoms with Crippen molar-refractivity contribution in [3.8, 4) is 0 Å². The first-order valence-corrected chi connectivity index (χ1v) is 19.2. The molecule has 14 heteroatoms. The molecule has 0 aromatic heterocycles. The highest BCUT2D eigenvalue weighted by Gasteiger charge is 2.71.